The first kappa shape index (κ1) is 42.0. The van der Waals surface area contributed by atoms with Gasteiger partial charge in [-0.05, 0) is 67.8 Å². The van der Waals surface area contributed by atoms with Crippen molar-refractivity contribution in [3.05, 3.63) is 59.7 Å². The van der Waals surface area contributed by atoms with E-state index < -0.39 is 11.8 Å². The lowest BCUT2D eigenvalue weighted by molar-refractivity contribution is -0.963. The number of halogens is 2. The molecular weight excluding hydrogens is 731 g/mol. The summed E-state index contributed by atoms with van der Waals surface area (Å²) in [6, 6.07) is 17.2. The Hall–Kier alpha value is -3.18. The molecule has 10 nitrogen and oxygen atoms in total. The number of quaternary nitrogens is 2. The molecule has 5 aliphatic rings. The molecule has 7 rings (SSSR count). The van der Waals surface area contributed by atoms with Crippen molar-refractivity contribution in [2.45, 2.75) is 140 Å². The highest BCUT2D eigenvalue weighted by molar-refractivity contribution is 5.84. The Morgan fingerprint density at radius 2 is 1.02 bits per heavy atom. The van der Waals surface area contributed by atoms with Gasteiger partial charge in [0, 0.05) is 68.9 Å². The van der Waals surface area contributed by atoms with Gasteiger partial charge in [-0.1, -0.05) is 13.8 Å². The fraction of sp³-hybridized carbons (Fsp3) is 0.619. The van der Waals surface area contributed by atoms with Gasteiger partial charge < -0.3 is 52.7 Å². The molecule has 1 aliphatic carbocycles. The maximum atomic E-state index is 13.7. The van der Waals surface area contributed by atoms with Crippen LogP contribution in [-0.4, -0.2) is 83.3 Å². The fourth-order valence-corrected chi connectivity index (χ4v) is 10.3. The zero-order valence-corrected chi connectivity index (χ0v) is 33.6. The summed E-state index contributed by atoms with van der Waals surface area (Å²) < 4.78 is 25.0. The van der Waals surface area contributed by atoms with Crippen LogP contribution in [0.5, 0.6) is 11.5 Å². The van der Waals surface area contributed by atoms with Crippen molar-refractivity contribution in [1.82, 2.24) is 0 Å². The van der Waals surface area contributed by atoms with Crippen LogP contribution in [0.2, 0.25) is 0 Å². The largest absolute Gasteiger partial charge is 1.00 e. The minimum absolute atomic E-state index is 0. The highest BCUT2D eigenvalue weighted by Crippen LogP contribution is 2.47. The zero-order chi connectivity index (χ0) is 36.6. The van der Waals surface area contributed by atoms with Crippen molar-refractivity contribution in [2.24, 2.45) is 11.8 Å². The van der Waals surface area contributed by atoms with E-state index >= 15 is 0 Å². The second-order valence-corrected chi connectivity index (χ2v) is 16.5. The van der Waals surface area contributed by atoms with Crippen LogP contribution < -0.4 is 34.3 Å². The third-order valence-corrected chi connectivity index (χ3v) is 13.5. The number of ether oxygens (including phenoxy) is 4. The van der Waals surface area contributed by atoms with Gasteiger partial charge in [0.25, 0.3) is 0 Å². The predicted molar refractivity (Wildman–Crippen MR) is 193 cm³/mol. The summed E-state index contributed by atoms with van der Waals surface area (Å²) in [6.45, 7) is 5.28. The lowest BCUT2D eigenvalue weighted by atomic mass is 9.73. The van der Waals surface area contributed by atoms with E-state index in [1.54, 1.807) is 13.8 Å². The summed E-state index contributed by atoms with van der Waals surface area (Å²) in [7, 11) is 4.62. The number of fused-ring (bicyclic) bond motifs is 4. The second kappa shape index (κ2) is 17.3. The molecule has 0 N–H and O–H groups in total. The normalized spacial score (nSPS) is 33.3. The lowest BCUT2D eigenvalue weighted by Gasteiger charge is -2.48. The summed E-state index contributed by atoms with van der Waals surface area (Å²) in [5.41, 5.74) is 2.38. The Bertz CT molecular complexity index is 1640. The van der Waals surface area contributed by atoms with Crippen molar-refractivity contribution in [3.8, 4) is 11.5 Å². The molecule has 4 bridgehead atoms. The molecule has 0 radical (unpaired) electrons. The molecule has 8 atom stereocenters. The summed E-state index contributed by atoms with van der Waals surface area (Å²) in [5, 5.41) is 0. The number of benzene rings is 2. The van der Waals surface area contributed by atoms with Crippen molar-refractivity contribution < 1.29 is 71.9 Å². The minimum atomic E-state index is -0.426. The van der Waals surface area contributed by atoms with Crippen LogP contribution in [0.3, 0.4) is 0 Å². The number of nitrogens with zero attached hydrogens (tertiary/aromatic N) is 2. The standard InChI is InChI=1S/C42H56N2O8.2ClH/c1-5-39(45)49-32-15-7-27(8-16-32)25-43(3)30-11-12-31(43)24-34(23-30)51-41(47)35-19-20-36(35)42(48)52-38-22-14-29-13-21-37(38)44(29,4)26-28-9-17-33(18-10-28)50-40(46)6-2;;/h7-10,15-18,29-31,34-38H,5-6,11-14,19-26H2,1-4H3;2*1H/q+2;;/p-2. The van der Waals surface area contributed by atoms with Gasteiger partial charge in [0.15, 0.2) is 6.10 Å². The third-order valence-electron chi connectivity index (χ3n) is 13.5. The molecule has 54 heavy (non-hydrogen) atoms. The first-order valence-electron chi connectivity index (χ1n) is 19.7. The maximum Gasteiger partial charge on any atom is 0.310 e. The van der Waals surface area contributed by atoms with E-state index in [0.29, 0.717) is 55.3 Å². The Labute approximate surface area is 332 Å². The van der Waals surface area contributed by atoms with Crippen LogP contribution >= 0.6 is 0 Å². The van der Waals surface area contributed by atoms with Crippen LogP contribution in [0.4, 0.5) is 0 Å². The van der Waals surface area contributed by atoms with Gasteiger partial charge in [0.2, 0.25) is 0 Å². The van der Waals surface area contributed by atoms with E-state index in [-0.39, 0.29) is 66.9 Å². The van der Waals surface area contributed by atoms with E-state index in [1.807, 2.05) is 36.4 Å². The number of carbonyl (C=O) groups is 4. The summed E-state index contributed by atoms with van der Waals surface area (Å²) >= 11 is 0. The van der Waals surface area contributed by atoms with Crippen LogP contribution in [-0.2, 0) is 41.7 Å². The monoisotopic (exact) mass is 786 g/mol. The van der Waals surface area contributed by atoms with Crippen LogP contribution in [0.15, 0.2) is 48.5 Å². The van der Waals surface area contributed by atoms with Crippen molar-refractivity contribution in [3.63, 3.8) is 0 Å². The van der Waals surface area contributed by atoms with Crippen LogP contribution in [0.1, 0.15) is 102 Å². The molecule has 12 heteroatoms. The van der Waals surface area contributed by atoms with Gasteiger partial charge in [0.05, 0.1) is 44.1 Å². The van der Waals surface area contributed by atoms with Crippen LogP contribution in [0.25, 0.3) is 0 Å². The van der Waals surface area contributed by atoms with Gasteiger partial charge in [-0.15, -0.1) is 0 Å². The van der Waals surface area contributed by atoms with Crippen molar-refractivity contribution in [1.29, 1.82) is 0 Å². The Balaban J connectivity index is 0.00000280. The molecule has 2 aromatic rings. The average molecular weight is 788 g/mol. The number of hydrogen-bond donors (Lipinski definition) is 0. The molecule has 0 spiro atoms. The number of carbonyl (C=O) groups excluding carboxylic acids is 4. The van der Waals surface area contributed by atoms with E-state index in [2.05, 4.69) is 26.2 Å². The molecular formula is C42H56Cl2N2O8. The molecule has 1 saturated carbocycles. The van der Waals surface area contributed by atoms with E-state index in [9.17, 15) is 19.2 Å². The third kappa shape index (κ3) is 8.47. The number of hydrogen-bond acceptors (Lipinski definition) is 8. The highest BCUT2D eigenvalue weighted by Gasteiger charge is 2.56. The number of esters is 4. The SMILES string of the molecule is CCC(=O)Oc1ccc(C[N+]2(C)C3CCC2CC(OC(=O)C2CCC2C(=O)OC2CCC4CCC2[N+]4(C)Cc2ccc(OC(=O)CC)cc2)C3)cc1.[Cl-].[Cl-]. The molecule has 5 fully saturated rings. The van der Waals surface area contributed by atoms with Crippen molar-refractivity contribution >= 4 is 23.9 Å². The maximum absolute atomic E-state index is 13.7. The van der Waals surface area contributed by atoms with Gasteiger partial charge in [-0.2, -0.15) is 0 Å². The minimum Gasteiger partial charge on any atom is -1.00 e. The molecule has 4 saturated heterocycles. The first-order valence-corrected chi connectivity index (χ1v) is 19.7. The Morgan fingerprint density at radius 3 is 1.50 bits per heavy atom. The molecule has 2 aromatic carbocycles. The van der Waals surface area contributed by atoms with Gasteiger partial charge in [0.1, 0.15) is 36.7 Å². The molecule has 4 heterocycles. The molecule has 4 aliphatic heterocycles. The molecule has 0 aromatic heterocycles. The van der Waals surface area contributed by atoms with Crippen molar-refractivity contribution in [2.75, 3.05) is 14.1 Å². The first-order chi connectivity index (χ1) is 25.0. The smallest absolute Gasteiger partial charge is 0.310 e. The number of likely N-dealkylation sites (N-methyl/N-ethyl adjacent to an activating group) is 1. The van der Waals surface area contributed by atoms with Crippen LogP contribution in [0, 0.1) is 11.8 Å². The van der Waals surface area contributed by atoms with Gasteiger partial charge >= 0.3 is 23.9 Å². The summed E-state index contributed by atoms with van der Waals surface area (Å²) in [4.78, 5) is 50.6. The fourth-order valence-electron chi connectivity index (χ4n) is 10.3. The second-order valence-electron chi connectivity index (χ2n) is 16.5. The molecule has 296 valence electrons. The average Bonchev–Trinajstić information content (AvgIpc) is 3.34. The van der Waals surface area contributed by atoms with E-state index in [0.717, 1.165) is 73.4 Å². The predicted octanol–water partition coefficient (Wildman–Crippen LogP) is 0.418. The topological polar surface area (TPSA) is 105 Å². The van der Waals surface area contributed by atoms with E-state index in [1.165, 1.54) is 11.1 Å². The summed E-state index contributed by atoms with van der Waals surface area (Å²) in [5.74, 6) is -0.664. The lowest BCUT2D eigenvalue weighted by Crippen LogP contribution is -3.00. The zero-order valence-electron chi connectivity index (χ0n) is 32.1. The van der Waals surface area contributed by atoms with Gasteiger partial charge in [-0.3, -0.25) is 19.2 Å². The van der Waals surface area contributed by atoms with Gasteiger partial charge in [-0.25, -0.2) is 0 Å². The molecule has 0 amide bonds. The Kier molecular flexibility index (Phi) is 13.5. The summed E-state index contributed by atoms with van der Waals surface area (Å²) in [6.07, 6.45) is 9.63. The molecule has 8 unspecified atom stereocenters. The Morgan fingerprint density at radius 1 is 0.574 bits per heavy atom. The highest BCUT2D eigenvalue weighted by atomic mass is 35.5. The van der Waals surface area contributed by atoms with E-state index in [4.69, 9.17) is 18.9 Å². The quantitative estimate of drug-likeness (QED) is 0.174. The number of rotatable bonds is 12. The number of piperidine rings is 2.